The molecule has 0 radical (unpaired) electrons. The van der Waals surface area contributed by atoms with Crippen molar-refractivity contribution in [3.8, 4) is 0 Å². The Kier molecular flexibility index (Phi) is 8.14. The molecule has 3 amide bonds. The monoisotopic (exact) mass is 503 g/mol. The van der Waals surface area contributed by atoms with Crippen molar-refractivity contribution in [3.63, 3.8) is 0 Å². The summed E-state index contributed by atoms with van der Waals surface area (Å²) in [5.74, 6) is -3.05. The summed E-state index contributed by atoms with van der Waals surface area (Å²) in [5, 5.41) is 12.2. The average molecular weight is 504 g/mol. The number of ether oxygens (including phenoxy) is 2. The molecule has 0 aromatic carbocycles. The second-order valence-corrected chi connectivity index (χ2v) is 10.0. The third-order valence-electron chi connectivity index (χ3n) is 7.46. The highest BCUT2D eigenvalue weighted by molar-refractivity contribution is 5.99. The van der Waals surface area contributed by atoms with E-state index >= 15 is 0 Å². The van der Waals surface area contributed by atoms with Gasteiger partial charge in [0.2, 0.25) is 17.7 Å². The number of cyclic esters (lactones) is 1. The molecule has 10 nitrogen and oxygen atoms in total. The smallest absolute Gasteiger partial charge is 0.313 e. The number of unbranched alkanes of at least 4 members (excludes halogenated alkanes) is 1. The van der Waals surface area contributed by atoms with E-state index in [0.717, 1.165) is 12.8 Å². The van der Waals surface area contributed by atoms with Crippen LogP contribution in [0.1, 0.15) is 46.0 Å². The lowest BCUT2D eigenvalue weighted by atomic mass is 9.74. The van der Waals surface area contributed by atoms with E-state index in [1.54, 1.807) is 24.0 Å². The first-order valence-corrected chi connectivity index (χ1v) is 13.0. The molecule has 2 N–H and O–H groups in total. The first kappa shape index (κ1) is 26.3. The number of nitrogens with zero attached hydrogens (tertiary/aromatic N) is 2. The molecule has 198 valence electrons. The molecule has 10 heteroatoms. The molecule has 5 bridgehead atoms. The fraction of sp³-hybridized carbons (Fsp3) is 0.692. The minimum absolute atomic E-state index is 0.126. The van der Waals surface area contributed by atoms with Crippen molar-refractivity contribution in [1.29, 1.82) is 0 Å². The number of rotatable bonds is 6. The minimum atomic E-state index is -1.25. The zero-order chi connectivity index (χ0) is 25.9. The molecule has 2 fully saturated rings. The summed E-state index contributed by atoms with van der Waals surface area (Å²) in [6, 6.07) is -0.929. The number of esters is 1. The second kappa shape index (κ2) is 11.1. The van der Waals surface area contributed by atoms with E-state index in [2.05, 4.69) is 5.32 Å². The van der Waals surface area contributed by atoms with E-state index in [1.807, 2.05) is 19.1 Å². The number of likely N-dealkylation sites (tertiary alicyclic amines) is 1. The van der Waals surface area contributed by atoms with Crippen LogP contribution in [-0.4, -0.2) is 95.2 Å². The molecule has 0 aromatic heterocycles. The van der Waals surface area contributed by atoms with Crippen LogP contribution in [0.5, 0.6) is 0 Å². The van der Waals surface area contributed by atoms with Crippen LogP contribution in [0, 0.1) is 11.8 Å². The fourth-order valence-corrected chi connectivity index (χ4v) is 5.71. The number of fused-ring (bicyclic) bond motifs is 2. The van der Waals surface area contributed by atoms with Crippen molar-refractivity contribution in [2.75, 3.05) is 32.8 Å². The number of carbonyl (C=O) groups excluding carboxylic acids is 4. The Morgan fingerprint density at radius 3 is 2.69 bits per heavy atom. The van der Waals surface area contributed by atoms with Crippen LogP contribution in [0.15, 0.2) is 24.3 Å². The van der Waals surface area contributed by atoms with E-state index in [9.17, 15) is 24.3 Å². The van der Waals surface area contributed by atoms with Crippen LogP contribution in [-0.2, 0) is 28.7 Å². The van der Waals surface area contributed by atoms with Gasteiger partial charge in [0.05, 0.1) is 18.6 Å². The van der Waals surface area contributed by atoms with Gasteiger partial charge in [-0.25, -0.2) is 0 Å². The van der Waals surface area contributed by atoms with Gasteiger partial charge in [-0.2, -0.15) is 0 Å². The molecule has 4 aliphatic rings. The van der Waals surface area contributed by atoms with Crippen LogP contribution >= 0.6 is 0 Å². The predicted molar refractivity (Wildman–Crippen MR) is 129 cm³/mol. The van der Waals surface area contributed by atoms with Crippen molar-refractivity contribution in [2.24, 2.45) is 11.8 Å². The molecule has 0 saturated carbocycles. The largest absolute Gasteiger partial charge is 0.460 e. The lowest BCUT2D eigenvalue weighted by Crippen LogP contribution is -2.56. The van der Waals surface area contributed by atoms with Gasteiger partial charge in [0.1, 0.15) is 23.7 Å². The number of amides is 3. The van der Waals surface area contributed by atoms with Crippen molar-refractivity contribution in [1.82, 2.24) is 15.1 Å². The molecular formula is C26H37N3O7. The highest BCUT2D eigenvalue weighted by Crippen LogP contribution is 2.55. The van der Waals surface area contributed by atoms with E-state index < -0.39 is 41.7 Å². The molecule has 4 heterocycles. The van der Waals surface area contributed by atoms with E-state index in [1.165, 1.54) is 4.90 Å². The van der Waals surface area contributed by atoms with Gasteiger partial charge in [0.15, 0.2) is 0 Å². The fourth-order valence-electron chi connectivity index (χ4n) is 5.71. The molecule has 4 rings (SSSR count). The third-order valence-corrected chi connectivity index (χ3v) is 7.46. The number of hydrogen-bond acceptors (Lipinski definition) is 7. The zero-order valence-electron chi connectivity index (χ0n) is 21.1. The van der Waals surface area contributed by atoms with Crippen molar-refractivity contribution >= 4 is 23.7 Å². The van der Waals surface area contributed by atoms with Crippen LogP contribution in [0.25, 0.3) is 0 Å². The summed E-state index contributed by atoms with van der Waals surface area (Å²) >= 11 is 0. The molecule has 0 aliphatic carbocycles. The first-order valence-electron chi connectivity index (χ1n) is 13.0. The maximum Gasteiger partial charge on any atom is 0.313 e. The normalized spacial score (nSPS) is 35.7. The number of hydrogen-bond donors (Lipinski definition) is 2. The van der Waals surface area contributed by atoms with Gasteiger partial charge in [-0.15, -0.1) is 0 Å². The van der Waals surface area contributed by atoms with Crippen LogP contribution in [0.2, 0.25) is 0 Å². The quantitative estimate of drug-likeness (QED) is 0.400. The SMILES string of the molecule is CCCCN1C/C=C\CCC(=O)NC[C@@H](C)OC(=O)[C@@H]2[C@@H]3C=C[C@]4(O3)[C@H](C1=O)N(CCCO)C(=O)[C@@H]24. The van der Waals surface area contributed by atoms with Gasteiger partial charge in [0, 0.05) is 32.7 Å². The van der Waals surface area contributed by atoms with Crippen LogP contribution < -0.4 is 5.32 Å². The molecule has 36 heavy (non-hydrogen) atoms. The Balaban J connectivity index is 1.72. The molecule has 2 saturated heterocycles. The Morgan fingerprint density at radius 1 is 1.14 bits per heavy atom. The molecule has 4 aliphatic heterocycles. The Bertz CT molecular complexity index is 934. The Labute approximate surface area is 211 Å². The lowest BCUT2D eigenvalue weighted by molar-refractivity contribution is -0.158. The standard InChI is InChI=1S/C26H37N3O7/c1-3-4-12-28-13-7-5-6-9-19(31)27-16-17(2)35-25(34)20-18-10-11-26(36-18)21(20)23(32)29(14-8-15-30)22(26)24(28)33/h5,7,10-11,17-18,20-22,30H,3-4,6,8-9,12-16H2,1-2H3,(H,27,31)/b7-5-/t17-,18+,20-,21-,22+,26-/m1/s1. The maximum absolute atomic E-state index is 14.1. The van der Waals surface area contributed by atoms with Gasteiger partial charge < -0.3 is 29.7 Å². The number of allylic oxidation sites excluding steroid dienone is 1. The summed E-state index contributed by atoms with van der Waals surface area (Å²) < 4.78 is 11.9. The second-order valence-electron chi connectivity index (χ2n) is 10.0. The Hall–Kier alpha value is -2.72. The van der Waals surface area contributed by atoms with E-state index in [-0.39, 0.29) is 37.4 Å². The summed E-state index contributed by atoms with van der Waals surface area (Å²) in [7, 11) is 0. The van der Waals surface area contributed by atoms with E-state index in [0.29, 0.717) is 32.4 Å². The highest BCUT2D eigenvalue weighted by Gasteiger charge is 2.73. The average Bonchev–Trinajstić information content (AvgIpc) is 3.49. The summed E-state index contributed by atoms with van der Waals surface area (Å²) in [6.45, 7) is 4.81. The number of nitrogens with one attached hydrogen (secondary N) is 1. The van der Waals surface area contributed by atoms with Gasteiger partial charge in [-0.3, -0.25) is 19.2 Å². The first-order chi connectivity index (χ1) is 17.3. The number of aliphatic hydroxyl groups is 1. The van der Waals surface area contributed by atoms with Crippen molar-refractivity contribution < 1.29 is 33.8 Å². The van der Waals surface area contributed by atoms with Crippen LogP contribution in [0.3, 0.4) is 0 Å². The summed E-state index contributed by atoms with van der Waals surface area (Å²) in [4.78, 5) is 56.5. The van der Waals surface area contributed by atoms with Crippen LogP contribution in [0.4, 0.5) is 0 Å². The molecule has 0 unspecified atom stereocenters. The van der Waals surface area contributed by atoms with Crippen molar-refractivity contribution in [2.45, 2.75) is 69.8 Å². The topological polar surface area (TPSA) is 125 Å². The highest BCUT2D eigenvalue weighted by atomic mass is 16.6. The minimum Gasteiger partial charge on any atom is -0.460 e. The van der Waals surface area contributed by atoms with Gasteiger partial charge in [-0.05, 0) is 26.2 Å². The van der Waals surface area contributed by atoms with Gasteiger partial charge in [0.25, 0.3) is 0 Å². The number of aliphatic hydroxyl groups excluding tert-OH is 1. The van der Waals surface area contributed by atoms with E-state index in [4.69, 9.17) is 9.47 Å². The zero-order valence-corrected chi connectivity index (χ0v) is 21.1. The number of carbonyl (C=O) groups is 4. The summed E-state index contributed by atoms with van der Waals surface area (Å²) in [5.41, 5.74) is -1.25. The predicted octanol–water partition coefficient (Wildman–Crippen LogP) is 0.546. The molecular weight excluding hydrogens is 466 g/mol. The molecule has 6 atom stereocenters. The molecule has 1 spiro atoms. The van der Waals surface area contributed by atoms with Crippen molar-refractivity contribution in [3.05, 3.63) is 24.3 Å². The van der Waals surface area contributed by atoms with Gasteiger partial charge >= 0.3 is 5.97 Å². The molecule has 0 aromatic rings. The third kappa shape index (κ3) is 4.80. The maximum atomic E-state index is 14.1. The summed E-state index contributed by atoms with van der Waals surface area (Å²) in [6.07, 6.45) is 8.84. The lowest BCUT2D eigenvalue weighted by Gasteiger charge is -2.36. The van der Waals surface area contributed by atoms with Gasteiger partial charge in [-0.1, -0.05) is 37.6 Å². The Morgan fingerprint density at radius 2 is 1.94 bits per heavy atom.